The molecule has 2 aromatic carbocycles. The van der Waals surface area contributed by atoms with Gasteiger partial charge in [0.1, 0.15) is 11.9 Å². The second kappa shape index (κ2) is 8.57. The smallest absolute Gasteiger partial charge is 0.246 e. The van der Waals surface area contributed by atoms with Gasteiger partial charge in [0.15, 0.2) is 0 Å². The Hall–Kier alpha value is -2.99. The summed E-state index contributed by atoms with van der Waals surface area (Å²) in [4.78, 5) is 15.4. The molecule has 150 valence electrons. The number of likely N-dealkylation sites (tertiary alicyclic amines) is 1. The van der Waals surface area contributed by atoms with Crippen LogP contribution in [0.3, 0.4) is 0 Å². The molecule has 1 N–H and O–H groups in total. The van der Waals surface area contributed by atoms with E-state index in [1.807, 2.05) is 48.3 Å². The van der Waals surface area contributed by atoms with Crippen LogP contribution in [0.4, 0.5) is 10.1 Å². The van der Waals surface area contributed by atoms with E-state index in [0.29, 0.717) is 11.6 Å². The third-order valence-electron chi connectivity index (χ3n) is 5.44. The van der Waals surface area contributed by atoms with Gasteiger partial charge in [-0.15, -0.1) is 0 Å². The molecule has 0 saturated carbocycles. The molecule has 1 aromatic heterocycles. The fourth-order valence-corrected chi connectivity index (χ4v) is 4.08. The van der Waals surface area contributed by atoms with Gasteiger partial charge in [0.2, 0.25) is 5.91 Å². The average Bonchev–Trinajstić information content (AvgIpc) is 3.34. The van der Waals surface area contributed by atoms with E-state index in [0.717, 1.165) is 31.5 Å². The molecule has 2 atom stereocenters. The van der Waals surface area contributed by atoms with Crippen molar-refractivity contribution < 1.29 is 9.18 Å². The summed E-state index contributed by atoms with van der Waals surface area (Å²) < 4.78 is 15.0. The average molecular weight is 392 g/mol. The predicted octanol–water partition coefficient (Wildman–Crippen LogP) is 3.80. The van der Waals surface area contributed by atoms with Gasteiger partial charge >= 0.3 is 0 Å². The molecule has 1 aliphatic rings. The first-order chi connectivity index (χ1) is 14.1. The van der Waals surface area contributed by atoms with Crippen LogP contribution >= 0.6 is 0 Å². The Morgan fingerprint density at radius 2 is 1.97 bits per heavy atom. The number of benzene rings is 2. The molecule has 6 heteroatoms. The highest BCUT2D eigenvalue weighted by Crippen LogP contribution is 2.30. The molecular formula is C23H25FN4O. The van der Waals surface area contributed by atoms with E-state index < -0.39 is 0 Å². The Morgan fingerprint density at radius 1 is 1.21 bits per heavy atom. The molecule has 0 radical (unpaired) electrons. The normalized spacial score (nSPS) is 17.9. The van der Waals surface area contributed by atoms with E-state index in [1.165, 1.54) is 17.7 Å². The van der Waals surface area contributed by atoms with Gasteiger partial charge in [0.05, 0.1) is 6.20 Å². The fraction of sp³-hybridized carbons (Fsp3) is 0.304. The minimum absolute atomic E-state index is 0.0927. The Bertz CT molecular complexity index is 955. The van der Waals surface area contributed by atoms with Gasteiger partial charge in [-0.05, 0) is 60.7 Å². The van der Waals surface area contributed by atoms with Crippen LogP contribution < -0.4 is 5.32 Å². The number of halogens is 1. The summed E-state index contributed by atoms with van der Waals surface area (Å²) in [7, 11) is 1.93. The Balaban J connectivity index is 1.50. The standard InChI is InChI=1S/C23H25FN4O/c1-27-15-18(14-25-27)13-17-11-12-28(16-17)22(19-5-3-2-4-6-19)23(29)26-21-9-7-20(24)8-10-21/h2-10,14-15,17,22H,11-13,16H2,1H3,(H,26,29)/t17-,22+/m0/s1. The SMILES string of the molecule is Cn1cc(C[C@@H]2CCN([C@@H](C(=O)Nc3ccc(F)cc3)c3ccccc3)C2)cn1. The zero-order valence-electron chi connectivity index (χ0n) is 16.5. The third-order valence-corrected chi connectivity index (χ3v) is 5.44. The monoisotopic (exact) mass is 392 g/mol. The highest BCUT2D eigenvalue weighted by molar-refractivity contribution is 5.95. The lowest BCUT2D eigenvalue weighted by molar-refractivity contribution is -0.121. The topological polar surface area (TPSA) is 50.2 Å². The number of nitrogens with one attached hydrogen (secondary N) is 1. The fourth-order valence-electron chi connectivity index (χ4n) is 4.08. The number of anilines is 1. The number of nitrogens with zero attached hydrogens (tertiary/aromatic N) is 3. The van der Waals surface area contributed by atoms with E-state index in [1.54, 1.807) is 12.1 Å². The van der Waals surface area contributed by atoms with Crippen LogP contribution in [0.2, 0.25) is 0 Å². The highest BCUT2D eigenvalue weighted by Gasteiger charge is 2.33. The van der Waals surface area contributed by atoms with E-state index in [9.17, 15) is 9.18 Å². The first kappa shape index (κ1) is 19.3. The van der Waals surface area contributed by atoms with Gasteiger partial charge in [-0.3, -0.25) is 14.4 Å². The number of rotatable bonds is 6. The molecule has 1 fully saturated rings. The van der Waals surface area contributed by atoms with Crippen molar-refractivity contribution in [3.05, 3.63) is 83.9 Å². The maximum absolute atomic E-state index is 13.2. The zero-order valence-corrected chi connectivity index (χ0v) is 16.5. The Labute approximate surface area is 170 Å². The van der Waals surface area contributed by atoms with Crippen LogP contribution in [0.15, 0.2) is 67.0 Å². The molecule has 0 bridgehead atoms. The highest BCUT2D eigenvalue weighted by atomic mass is 19.1. The largest absolute Gasteiger partial charge is 0.324 e. The van der Waals surface area contributed by atoms with Gasteiger partial charge in [0, 0.05) is 25.5 Å². The number of amides is 1. The maximum Gasteiger partial charge on any atom is 0.246 e. The van der Waals surface area contributed by atoms with Crippen LogP contribution in [-0.4, -0.2) is 33.7 Å². The second-order valence-electron chi connectivity index (χ2n) is 7.69. The van der Waals surface area contributed by atoms with Gasteiger partial charge in [-0.1, -0.05) is 30.3 Å². The predicted molar refractivity (Wildman–Crippen MR) is 111 cm³/mol. The van der Waals surface area contributed by atoms with Gasteiger partial charge in [-0.25, -0.2) is 4.39 Å². The summed E-state index contributed by atoms with van der Waals surface area (Å²) in [5.41, 5.74) is 2.80. The van der Waals surface area contributed by atoms with Gasteiger partial charge < -0.3 is 5.32 Å². The van der Waals surface area contributed by atoms with E-state index >= 15 is 0 Å². The van der Waals surface area contributed by atoms with Crippen LogP contribution in [0, 0.1) is 11.7 Å². The summed E-state index contributed by atoms with van der Waals surface area (Å²) in [6.45, 7) is 1.71. The van der Waals surface area contributed by atoms with Crippen molar-refractivity contribution in [3.8, 4) is 0 Å². The van der Waals surface area contributed by atoms with E-state index in [2.05, 4.69) is 21.5 Å². The third kappa shape index (κ3) is 4.71. The number of aromatic nitrogens is 2. The summed E-state index contributed by atoms with van der Waals surface area (Å²) in [5, 5.41) is 7.21. The minimum Gasteiger partial charge on any atom is -0.324 e. The lowest BCUT2D eigenvalue weighted by Crippen LogP contribution is -2.36. The zero-order chi connectivity index (χ0) is 20.2. The number of aryl methyl sites for hydroxylation is 1. The minimum atomic E-state index is -0.375. The number of carbonyl (C=O) groups is 1. The number of hydrogen-bond acceptors (Lipinski definition) is 3. The van der Waals surface area contributed by atoms with Crippen molar-refractivity contribution >= 4 is 11.6 Å². The number of hydrogen-bond donors (Lipinski definition) is 1. The Kier molecular flexibility index (Phi) is 5.71. The maximum atomic E-state index is 13.2. The molecule has 1 amide bonds. The lowest BCUT2D eigenvalue weighted by atomic mass is 10.0. The van der Waals surface area contributed by atoms with Crippen LogP contribution in [0.1, 0.15) is 23.6 Å². The van der Waals surface area contributed by atoms with E-state index in [4.69, 9.17) is 0 Å². The summed E-state index contributed by atoms with van der Waals surface area (Å²) >= 11 is 0. The van der Waals surface area contributed by atoms with Crippen molar-refractivity contribution in [2.75, 3.05) is 18.4 Å². The van der Waals surface area contributed by atoms with Crippen molar-refractivity contribution in [2.24, 2.45) is 13.0 Å². The molecule has 29 heavy (non-hydrogen) atoms. The van der Waals surface area contributed by atoms with Gasteiger partial charge in [-0.2, -0.15) is 5.10 Å². The molecule has 3 aromatic rings. The molecule has 0 unspecified atom stereocenters. The second-order valence-corrected chi connectivity index (χ2v) is 7.69. The molecular weight excluding hydrogens is 367 g/mol. The molecule has 0 aliphatic carbocycles. The van der Waals surface area contributed by atoms with Crippen molar-refractivity contribution in [2.45, 2.75) is 18.9 Å². The molecule has 2 heterocycles. The molecule has 0 spiro atoms. The van der Waals surface area contributed by atoms with Crippen molar-refractivity contribution in [3.63, 3.8) is 0 Å². The Morgan fingerprint density at radius 3 is 2.66 bits per heavy atom. The summed E-state index contributed by atoms with van der Waals surface area (Å²) in [6.07, 6.45) is 5.98. The molecule has 4 rings (SSSR count). The van der Waals surface area contributed by atoms with Gasteiger partial charge in [0.25, 0.3) is 0 Å². The first-order valence-corrected chi connectivity index (χ1v) is 9.91. The number of carbonyl (C=O) groups excluding carboxylic acids is 1. The van der Waals surface area contributed by atoms with Crippen LogP contribution in [-0.2, 0) is 18.3 Å². The quantitative estimate of drug-likeness (QED) is 0.694. The summed E-state index contributed by atoms with van der Waals surface area (Å²) in [5.74, 6) is 0.0780. The molecule has 5 nitrogen and oxygen atoms in total. The molecule has 1 saturated heterocycles. The van der Waals surface area contributed by atoms with E-state index in [-0.39, 0.29) is 17.8 Å². The first-order valence-electron chi connectivity index (χ1n) is 9.91. The van der Waals surface area contributed by atoms with Crippen molar-refractivity contribution in [1.82, 2.24) is 14.7 Å². The molecule has 1 aliphatic heterocycles. The lowest BCUT2D eigenvalue weighted by Gasteiger charge is -2.27. The van der Waals surface area contributed by atoms with Crippen LogP contribution in [0.25, 0.3) is 0 Å². The summed E-state index contributed by atoms with van der Waals surface area (Å²) in [6, 6.07) is 15.3. The van der Waals surface area contributed by atoms with Crippen molar-refractivity contribution in [1.29, 1.82) is 0 Å². The van der Waals surface area contributed by atoms with Crippen LogP contribution in [0.5, 0.6) is 0 Å².